The molecule has 5 N–H and O–H groups in total. The van der Waals surface area contributed by atoms with Crippen LogP contribution in [-0.2, 0) is 16.6 Å². The molecule has 0 aliphatic heterocycles. The van der Waals surface area contributed by atoms with Gasteiger partial charge >= 0.3 is 12.3 Å². The second-order valence-corrected chi connectivity index (χ2v) is 13.2. The van der Waals surface area contributed by atoms with E-state index in [1.54, 1.807) is 58.2 Å². The lowest BCUT2D eigenvalue weighted by atomic mass is 9.96. The number of nitrogens with two attached hydrogens (primary N) is 1. The molecule has 52 heavy (non-hydrogen) atoms. The van der Waals surface area contributed by atoms with Crippen molar-refractivity contribution in [1.82, 2.24) is 20.2 Å². The number of ether oxygens (including phenoxy) is 2. The summed E-state index contributed by atoms with van der Waals surface area (Å²) in [5.41, 5.74) is 8.43. The number of methoxy groups -OCH3 is 1. The lowest BCUT2D eigenvalue weighted by Gasteiger charge is -2.21. The maximum atomic E-state index is 13.4. The lowest BCUT2D eigenvalue weighted by molar-refractivity contribution is -0.123. The molecule has 2 heterocycles. The van der Waals surface area contributed by atoms with Crippen LogP contribution in [0.4, 0.5) is 33.9 Å². The zero-order valence-electron chi connectivity index (χ0n) is 29.0. The standard InChI is InChI=1S/C37H36F4N6O5/c1-20(38)32(48)45-24-10-7-21(8-11-24)29-27(22-9-12-25(26(17-22)51-6)33(49)44-19-37(39,40)41)28-30(47(29)5)23(18-43-31(28)42)13-14-36(15-16-36)46-34(50)52-35(2,3)4/h7-12,17-18H,1,15-16,19H2,2-6H3,(H2,42,43)(H,44,49)(H,45,48)(H,46,50). The third-order valence-electron chi connectivity index (χ3n) is 8.01. The Kier molecular flexibility index (Phi) is 9.97. The van der Waals surface area contributed by atoms with Crippen LogP contribution in [0.1, 0.15) is 49.5 Å². The first kappa shape index (κ1) is 37.2. The maximum absolute atomic E-state index is 13.4. The SMILES string of the molecule is C=C(F)C(=O)Nc1ccc(-c2c(-c3ccc(C(=O)NCC(F)(F)F)c(OC)c3)c3c(N)ncc(C#CC4(NC(=O)OC(C)(C)C)CC4)c3n2C)cc1. The Morgan fingerprint density at radius 2 is 1.73 bits per heavy atom. The van der Waals surface area contributed by atoms with Crippen LogP contribution < -0.4 is 26.4 Å². The highest BCUT2D eigenvalue weighted by Crippen LogP contribution is 2.45. The zero-order chi connectivity index (χ0) is 38.2. The van der Waals surface area contributed by atoms with Crippen molar-refractivity contribution in [2.45, 2.75) is 50.9 Å². The van der Waals surface area contributed by atoms with E-state index in [1.165, 1.54) is 25.4 Å². The van der Waals surface area contributed by atoms with E-state index in [4.69, 9.17) is 15.2 Å². The van der Waals surface area contributed by atoms with E-state index in [0.29, 0.717) is 57.4 Å². The predicted molar refractivity (Wildman–Crippen MR) is 188 cm³/mol. The summed E-state index contributed by atoms with van der Waals surface area (Å²) in [6.45, 7) is 6.76. The molecule has 1 fully saturated rings. The van der Waals surface area contributed by atoms with E-state index in [2.05, 4.69) is 34.0 Å². The molecule has 0 radical (unpaired) electrons. The van der Waals surface area contributed by atoms with Gasteiger partial charge in [0.1, 0.15) is 29.3 Å². The van der Waals surface area contributed by atoms with Gasteiger partial charge in [0.15, 0.2) is 5.83 Å². The Labute approximate surface area is 296 Å². The van der Waals surface area contributed by atoms with Crippen LogP contribution in [0.5, 0.6) is 5.75 Å². The molecule has 3 amide bonds. The van der Waals surface area contributed by atoms with E-state index < -0.39 is 47.6 Å². The molecule has 0 saturated heterocycles. The molecule has 1 aliphatic carbocycles. The number of aryl methyl sites for hydroxylation is 1. The highest BCUT2D eigenvalue weighted by Gasteiger charge is 2.44. The van der Waals surface area contributed by atoms with Crippen molar-refractivity contribution in [1.29, 1.82) is 0 Å². The Hall–Kier alpha value is -6.04. The van der Waals surface area contributed by atoms with Crippen molar-refractivity contribution in [3.05, 3.63) is 72.2 Å². The zero-order valence-corrected chi connectivity index (χ0v) is 29.0. The Balaban J connectivity index is 1.67. The van der Waals surface area contributed by atoms with E-state index >= 15 is 0 Å². The fourth-order valence-corrected chi connectivity index (χ4v) is 5.53. The number of aromatic nitrogens is 2. The van der Waals surface area contributed by atoms with Gasteiger partial charge in [-0.05, 0) is 69.0 Å². The van der Waals surface area contributed by atoms with Crippen LogP contribution in [-0.4, -0.2) is 58.4 Å². The van der Waals surface area contributed by atoms with Crippen molar-refractivity contribution >= 4 is 40.3 Å². The summed E-state index contributed by atoms with van der Waals surface area (Å²) < 4.78 is 64.6. The van der Waals surface area contributed by atoms with Gasteiger partial charge in [-0.15, -0.1) is 0 Å². The first-order valence-corrected chi connectivity index (χ1v) is 15.9. The third kappa shape index (κ3) is 8.28. The summed E-state index contributed by atoms with van der Waals surface area (Å²) in [6, 6.07) is 10.9. The first-order chi connectivity index (χ1) is 24.3. The topological polar surface area (TPSA) is 150 Å². The van der Waals surface area contributed by atoms with Crippen LogP contribution >= 0.6 is 0 Å². The molecule has 2 aromatic carbocycles. The van der Waals surface area contributed by atoms with Crippen LogP contribution in [0.25, 0.3) is 33.3 Å². The van der Waals surface area contributed by atoms with Crippen LogP contribution in [0.3, 0.4) is 0 Å². The minimum Gasteiger partial charge on any atom is -0.496 e. The molecule has 15 heteroatoms. The van der Waals surface area contributed by atoms with Crippen molar-refractivity contribution in [3.63, 3.8) is 0 Å². The first-order valence-electron chi connectivity index (χ1n) is 15.9. The van der Waals surface area contributed by atoms with Crippen LogP contribution in [0.15, 0.2) is 61.1 Å². The number of nitrogens with one attached hydrogen (secondary N) is 3. The number of pyridine rings is 1. The van der Waals surface area contributed by atoms with Gasteiger partial charge in [-0.1, -0.05) is 36.6 Å². The number of alkyl halides is 3. The molecule has 1 aliphatic rings. The van der Waals surface area contributed by atoms with Gasteiger partial charge in [-0.3, -0.25) is 9.59 Å². The molecule has 0 bridgehead atoms. The summed E-state index contributed by atoms with van der Waals surface area (Å²) in [4.78, 5) is 41.6. The Morgan fingerprint density at radius 3 is 2.31 bits per heavy atom. The smallest absolute Gasteiger partial charge is 0.408 e. The molecule has 4 aromatic rings. The van der Waals surface area contributed by atoms with Crippen molar-refractivity contribution in [2.75, 3.05) is 24.7 Å². The van der Waals surface area contributed by atoms with E-state index in [-0.39, 0.29) is 17.1 Å². The summed E-state index contributed by atoms with van der Waals surface area (Å²) >= 11 is 0. The monoisotopic (exact) mass is 720 g/mol. The van der Waals surface area contributed by atoms with Gasteiger partial charge in [0.25, 0.3) is 11.8 Å². The number of alkyl carbamates (subject to hydrolysis) is 1. The quantitative estimate of drug-likeness (QED) is 0.0908. The predicted octanol–water partition coefficient (Wildman–Crippen LogP) is 6.62. The minimum atomic E-state index is -4.62. The van der Waals surface area contributed by atoms with Gasteiger partial charge in [-0.2, -0.15) is 13.2 Å². The van der Waals surface area contributed by atoms with Crippen molar-refractivity contribution < 1.29 is 41.4 Å². The Bertz CT molecular complexity index is 2150. The molecule has 0 spiro atoms. The van der Waals surface area contributed by atoms with Gasteiger partial charge in [0, 0.05) is 24.5 Å². The van der Waals surface area contributed by atoms with Gasteiger partial charge in [-0.25, -0.2) is 14.2 Å². The number of carbonyl (C=O) groups excluding carboxylic acids is 3. The molecule has 11 nitrogen and oxygen atoms in total. The van der Waals surface area contributed by atoms with E-state index in [1.807, 2.05) is 9.88 Å². The number of nitrogen functional groups attached to an aromatic ring is 1. The minimum absolute atomic E-state index is 0.00370. The number of nitrogens with zero attached hydrogens (tertiary/aromatic N) is 2. The average molecular weight is 721 g/mol. The highest BCUT2D eigenvalue weighted by atomic mass is 19.4. The number of benzene rings is 2. The van der Waals surface area contributed by atoms with Gasteiger partial charge in [0.2, 0.25) is 0 Å². The van der Waals surface area contributed by atoms with Crippen molar-refractivity contribution in [2.24, 2.45) is 7.05 Å². The number of fused-ring (bicyclic) bond motifs is 1. The Morgan fingerprint density at radius 1 is 1.08 bits per heavy atom. The highest BCUT2D eigenvalue weighted by molar-refractivity contribution is 6.11. The largest absolute Gasteiger partial charge is 0.496 e. The molecule has 5 rings (SSSR count). The average Bonchev–Trinajstić information content (AvgIpc) is 3.75. The molecule has 272 valence electrons. The number of carbonyl (C=O) groups is 3. The third-order valence-corrected chi connectivity index (χ3v) is 8.01. The number of halogens is 4. The molecule has 2 aromatic heterocycles. The summed E-state index contributed by atoms with van der Waals surface area (Å²) in [7, 11) is 3.06. The number of amides is 3. The number of hydrogen-bond donors (Lipinski definition) is 4. The molecule has 0 atom stereocenters. The van der Waals surface area contributed by atoms with Crippen molar-refractivity contribution in [3.8, 4) is 40.0 Å². The second-order valence-electron chi connectivity index (χ2n) is 13.2. The van der Waals surface area contributed by atoms with Crippen LogP contribution in [0, 0.1) is 11.8 Å². The summed E-state index contributed by atoms with van der Waals surface area (Å²) in [5, 5.41) is 7.58. The molecular weight excluding hydrogens is 684 g/mol. The van der Waals surface area contributed by atoms with Gasteiger partial charge in [0.05, 0.1) is 34.8 Å². The normalized spacial score (nSPS) is 13.4. The fraction of sp³-hybridized carbons (Fsp3) is 0.297. The number of rotatable bonds is 8. The summed E-state index contributed by atoms with van der Waals surface area (Å²) in [5.74, 6) is 3.31. The lowest BCUT2D eigenvalue weighted by Crippen LogP contribution is -2.39. The molecule has 1 saturated carbocycles. The number of hydrogen-bond acceptors (Lipinski definition) is 7. The number of anilines is 2. The van der Waals surface area contributed by atoms with Gasteiger partial charge < -0.3 is 35.7 Å². The van der Waals surface area contributed by atoms with E-state index in [9.17, 15) is 31.9 Å². The molecular formula is C37H36F4N6O5. The maximum Gasteiger partial charge on any atom is 0.408 e. The van der Waals surface area contributed by atoms with E-state index in [0.717, 1.165) is 0 Å². The molecule has 0 unspecified atom stereocenters. The fourth-order valence-electron chi connectivity index (χ4n) is 5.53. The van der Waals surface area contributed by atoms with Crippen LogP contribution in [0.2, 0.25) is 0 Å². The second kappa shape index (κ2) is 13.9. The summed E-state index contributed by atoms with van der Waals surface area (Å²) in [6.07, 6.45) is -2.48.